The predicted molar refractivity (Wildman–Crippen MR) is 73.0 cm³/mol. The third kappa shape index (κ3) is 3.61. The van der Waals surface area contributed by atoms with Crippen LogP contribution in [0.5, 0.6) is 0 Å². The van der Waals surface area contributed by atoms with Crippen molar-refractivity contribution in [1.29, 1.82) is 0 Å². The molecule has 19 heavy (non-hydrogen) atoms. The summed E-state index contributed by atoms with van der Waals surface area (Å²) in [5, 5.41) is 3.30. The van der Waals surface area contributed by atoms with Crippen molar-refractivity contribution in [3.05, 3.63) is 48.1 Å². The van der Waals surface area contributed by atoms with Crippen LogP contribution in [0.2, 0.25) is 0 Å². The molecule has 1 aliphatic heterocycles. The Morgan fingerprint density at radius 2 is 2.00 bits per heavy atom. The van der Waals surface area contributed by atoms with Crippen LogP contribution in [-0.2, 0) is 0 Å². The normalized spacial score (nSPS) is 18.2. The highest BCUT2D eigenvalue weighted by molar-refractivity contribution is 5.21. The van der Waals surface area contributed by atoms with Gasteiger partial charge in [0, 0.05) is 32.2 Å². The summed E-state index contributed by atoms with van der Waals surface area (Å²) in [4.78, 5) is 2.33. The number of piperazine rings is 1. The minimum Gasteiger partial charge on any atom is -0.314 e. The number of nitrogens with zero attached hydrogens (tertiary/aromatic N) is 1. The average molecular weight is 266 g/mol. The maximum Gasteiger partial charge on any atom is 0.159 e. The van der Waals surface area contributed by atoms with E-state index in [1.54, 1.807) is 6.07 Å². The Kier molecular flexibility index (Phi) is 5.05. The number of halogens is 2. The molecule has 0 bridgehead atoms. The number of benzene rings is 1. The number of hydrogen-bond acceptors (Lipinski definition) is 2. The van der Waals surface area contributed by atoms with Crippen molar-refractivity contribution < 1.29 is 8.78 Å². The smallest absolute Gasteiger partial charge is 0.159 e. The Bertz CT molecular complexity index is 428. The van der Waals surface area contributed by atoms with Crippen LogP contribution < -0.4 is 5.32 Å². The Hall–Kier alpha value is -1.26. The molecule has 0 radical (unpaired) electrons. The molecule has 1 saturated heterocycles. The van der Waals surface area contributed by atoms with Gasteiger partial charge in [0.2, 0.25) is 0 Å². The van der Waals surface area contributed by atoms with E-state index in [1.165, 1.54) is 12.1 Å². The maximum atomic E-state index is 13.4. The lowest BCUT2D eigenvalue weighted by Crippen LogP contribution is -2.45. The minimum absolute atomic E-state index is 0.134. The van der Waals surface area contributed by atoms with Crippen molar-refractivity contribution in [3.63, 3.8) is 0 Å². The summed E-state index contributed by atoms with van der Waals surface area (Å²) in [5.74, 6) is -1.55. The van der Waals surface area contributed by atoms with Crippen LogP contribution in [0.1, 0.15) is 24.4 Å². The summed E-state index contributed by atoms with van der Waals surface area (Å²) in [6.45, 7) is 7.48. The fourth-order valence-electron chi connectivity index (χ4n) is 2.55. The fraction of sp³-hybridized carbons (Fsp3) is 0.467. The molecule has 0 amide bonds. The quantitative estimate of drug-likeness (QED) is 0.824. The first-order valence-electron chi connectivity index (χ1n) is 6.73. The summed E-state index contributed by atoms with van der Waals surface area (Å²) in [6.07, 6.45) is 3.62. The maximum absolute atomic E-state index is 13.4. The lowest BCUT2D eigenvalue weighted by Gasteiger charge is -2.35. The molecule has 1 aromatic rings. The van der Waals surface area contributed by atoms with E-state index in [0.29, 0.717) is 0 Å². The van der Waals surface area contributed by atoms with Gasteiger partial charge in [-0.2, -0.15) is 0 Å². The number of hydrogen-bond donors (Lipinski definition) is 1. The first-order chi connectivity index (χ1) is 9.22. The highest BCUT2D eigenvalue weighted by atomic mass is 19.2. The molecular formula is C15H20F2N2. The summed E-state index contributed by atoms with van der Waals surface area (Å²) < 4.78 is 26.4. The molecule has 0 aromatic heterocycles. The zero-order valence-electron chi connectivity index (χ0n) is 11.0. The lowest BCUT2D eigenvalue weighted by atomic mass is 9.99. The van der Waals surface area contributed by atoms with Gasteiger partial charge in [0.1, 0.15) is 0 Å². The van der Waals surface area contributed by atoms with Gasteiger partial charge in [-0.05, 0) is 30.5 Å². The molecule has 104 valence electrons. The Morgan fingerprint density at radius 1 is 1.26 bits per heavy atom. The van der Waals surface area contributed by atoms with Gasteiger partial charge in [0.25, 0.3) is 0 Å². The van der Waals surface area contributed by atoms with Crippen molar-refractivity contribution >= 4 is 0 Å². The van der Waals surface area contributed by atoms with Gasteiger partial charge in [-0.1, -0.05) is 12.1 Å². The third-order valence-electron chi connectivity index (χ3n) is 3.57. The lowest BCUT2D eigenvalue weighted by molar-refractivity contribution is 0.166. The van der Waals surface area contributed by atoms with Crippen LogP contribution in [0.25, 0.3) is 0 Å². The van der Waals surface area contributed by atoms with Crippen molar-refractivity contribution in [1.82, 2.24) is 10.2 Å². The van der Waals surface area contributed by atoms with Crippen LogP contribution in [0.15, 0.2) is 30.9 Å². The Labute approximate surface area is 113 Å². The van der Waals surface area contributed by atoms with Crippen molar-refractivity contribution in [3.8, 4) is 0 Å². The van der Waals surface area contributed by atoms with E-state index in [2.05, 4.69) is 16.8 Å². The monoisotopic (exact) mass is 266 g/mol. The average Bonchev–Trinajstić information content (AvgIpc) is 2.44. The summed E-state index contributed by atoms with van der Waals surface area (Å²) in [6, 6.07) is 4.36. The Morgan fingerprint density at radius 3 is 2.63 bits per heavy atom. The second-order valence-corrected chi connectivity index (χ2v) is 4.84. The highest BCUT2D eigenvalue weighted by Crippen LogP contribution is 2.27. The van der Waals surface area contributed by atoms with Crippen LogP contribution in [-0.4, -0.2) is 31.1 Å². The highest BCUT2D eigenvalue weighted by Gasteiger charge is 2.22. The van der Waals surface area contributed by atoms with E-state index in [9.17, 15) is 8.78 Å². The van der Waals surface area contributed by atoms with E-state index in [4.69, 9.17) is 0 Å². The van der Waals surface area contributed by atoms with Crippen molar-refractivity contribution in [2.24, 2.45) is 0 Å². The first kappa shape index (κ1) is 14.2. The molecule has 2 rings (SSSR count). The van der Waals surface area contributed by atoms with Gasteiger partial charge in [-0.15, -0.1) is 6.58 Å². The molecule has 1 atom stereocenters. The van der Waals surface area contributed by atoms with Crippen LogP contribution >= 0.6 is 0 Å². The molecule has 0 unspecified atom stereocenters. The molecule has 1 aliphatic rings. The molecular weight excluding hydrogens is 246 g/mol. The van der Waals surface area contributed by atoms with Crippen molar-refractivity contribution in [2.75, 3.05) is 26.2 Å². The molecule has 1 aromatic carbocycles. The van der Waals surface area contributed by atoms with E-state index >= 15 is 0 Å². The fourth-order valence-corrected chi connectivity index (χ4v) is 2.55. The molecule has 4 heteroatoms. The van der Waals surface area contributed by atoms with Crippen LogP contribution in [0, 0.1) is 11.6 Å². The number of allylic oxidation sites excluding steroid dienone is 1. The largest absolute Gasteiger partial charge is 0.314 e. The second kappa shape index (κ2) is 6.78. The zero-order valence-corrected chi connectivity index (χ0v) is 11.0. The number of nitrogens with one attached hydrogen (secondary N) is 1. The van der Waals surface area contributed by atoms with Gasteiger partial charge < -0.3 is 5.32 Å². The zero-order chi connectivity index (χ0) is 13.7. The Balaban J connectivity index is 2.19. The molecule has 1 N–H and O–H groups in total. The molecule has 1 fully saturated rings. The minimum atomic E-state index is -0.786. The SMILES string of the molecule is C=CCC[C@H](c1ccc(F)c(F)c1)N1CCNCC1. The standard InChI is InChI=1S/C15H20F2N2/c1-2-3-4-15(19-9-7-18-8-10-19)12-5-6-13(16)14(17)11-12/h2,5-6,11,15,18H,1,3-4,7-10H2/t15-/m1/s1. The van der Waals surface area contributed by atoms with Crippen LogP contribution in [0.3, 0.4) is 0 Å². The molecule has 0 saturated carbocycles. The van der Waals surface area contributed by atoms with E-state index in [0.717, 1.165) is 44.6 Å². The van der Waals surface area contributed by atoms with Gasteiger partial charge in [0.15, 0.2) is 11.6 Å². The third-order valence-corrected chi connectivity index (χ3v) is 3.57. The van der Waals surface area contributed by atoms with Crippen LogP contribution in [0.4, 0.5) is 8.78 Å². The summed E-state index contributed by atoms with van der Waals surface area (Å²) in [7, 11) is 0. The molecule has 2 nitrogen and oxygen atoms in total. The number of rotatable bonds is 5. The van der Waals surface area contributed by atoms with Gasteiger partial charge in [-0.25, -0.2) is 8.78 Å². The predicted octanol–water partition coefficient (Wildman–Crippen LogP) is 2.88. The van der Waals surface area contributed by atoms with Crippen molar-refractivity contribution in [2.45, 2.75) is 18.9 Å². The summed E-state index contributed by atoms with van der Waals surface area (Å²) >= 11 is 0. The van der Waals surface area contributed by atoms with Gasteiger partial charge >= 0.3 is 0 Å². The van der Waals surface area contributed by atoms with E-state index < -0.39 is 11.6 Å². The van der Waals surface area contributed by atoms with E-state index in [-0.39, 0.29) is 6.04 Å². The van der Waals surface area contributed by atoms with Gasteiger partial charge in [0.05, 0.1) is 0 Å². The van der Waals surface area contributed by atoms with Gasteiger partial charge in [-0.3, -0.25) is 4.90 Å². The second-order valence-electron chi connectivity index (χ2n) is 4.84. The van der Waals surface area contributed by atoms with E-state index in [1.807, 2.05) is 6.08 Å². The molecule has 0 spiro atoms. The topological polar surface area (TPSA) is 15.3 Å². The summed E-state index contributed by atoms with van der Waals surface area (Å²) in [5.41, 5.74) is 0.850. The molecule has 0 aliphatic carbocycles. The molecule has 1 heterocycles. The first-order valence-corrected chi connectivity index (χ1v) is 6.73.